The maximum atomic E-state index is 11.7. The summed E-state index contributed by atoms with van der Waals surface area (Å²) in [5.74, 6) is 0.288. The smallest absolute Gasteiger partial charge is 0.253 e. The third-order valence-corrected chi connectivity index (χ3v) is 2.50. The molecule has 2 rings (SSSR count). The zero-order valence-electron chi connectivity index (χ0n) is 10.7. The van der Waals surface area contributed by atoms with Crippen molar-refractivity contribution in [2.24, 2.45) is 0 Å². The maximum Gasteiger partial charge on any atom is 0.253 e. The summed E-state index contributed by atoms with van der Waals surface area (Å²) in [6, 6.07) is 8.41. The number of rotatable bonds is 5. The number of nitrogens with one attached hydrogen (secondary N) is 1. The van der Waals surface area contributed by atoms with Gasteiger partial charge in [-0.15, -0.1) is 0 Å². The Morgan fingerprint density at radius 2 is 2.20 bits per heavy atom. The Kier molecular flexibility index (Phi) is 4.39. The quantitative estimate of drug-likeness (QED) is 0.561. The van der Waals surface area contributed by atoms with Crippen molar-refractivity contribution in [3.05, 3.63) is 48.3 Å². The topological polar surface area (TPSA) is 97.5 Å². The second-order valence-corrected chi connectivity index (χ2v) is 4.11. The van der Waals surface area contributed by atoms with E-state index in [2.05, 4.69) is 10.3 Å². The van der Waals surface area contributed by atoms with Crippen LogP contribution in [0.4, 0.5) is 5.69 Å². The molecule has 0 radical (unpaired) electrons. The van der Waals surface area contributed by atoms with E-state index in [-0.39, 0.29) is 11.7 Å². The number of nitrogens with two attached hydrogens (primary N) is 1. The van der Waals surface area contributed by atoms with Gasteiger partial charge in [-0.3, -0.25) is 9.78 Å². The average molecular weight is 273 g/mol. The number of nitrogens with zero attached hydrogens (tertiary/aromatic N) is 1. The van der Waals surface area contributed by atoms with Crippen LogP contribution < -0.4 is 15.8 Å². The highest BCUT2D eigenvalue weighted by Gasteiger charge is 2.06. The molecule has 0 saturated carbocycles. The molecular weight excluding hydrogens is 258 g/mol. The molecule has 0 fully saturated rings. The van der Waals surface area contributed by atoms with Crippen LogP contribution in [-0.4, -0.2) is 29.1 Å². The van der Waals surface area contributed by atoms with Gasteiger partial charge >= 0.3 is 0 Å². The van der Waals surface area contributed by atoms with Crippen LogP contribution >= 0.6 is 0 Å². The minimum absolute atomic E-state index is 0.0475. The molecule has 6 heteroatoms. The number of amides is 1. The van der Waals surface area contributed by atoms with Gasteiger partial charge in [0.05, 0.1) is 18.3 Å². The predicted molar refractivity (Wildman–Crippen MR) is 74.6 cm³/mol. The van der Waals surface area contributed by atoms with Crippen molar-refractivity contribution in [2.75, 3.05) is 18.9 Å². The Balaban J connectivity index is 1.77. The largest absolute Gasteiger partial charge is 0.506 e. The van der Waals surface area contributed by atoms with E-state index in [0.717, 1.165) is 0 Å². The molecule has 2 aromatic rings. The second-order valence-electron chi connectivity index (χ2n) is 4.11. The average Bonchev–Trinajstić information content (AvgIpc) is 2.43. The van der Waals surface area contributed by atoms with Crippen molar-refractivity contribution < 1.29 is 14.6 Å². The van der Waals surface area contributed by atoms with Crippen LogP contribution in [0.2, 0.25) is 0 Å². The van der Waals surface area contributed by atoms with E-state index in [9.17, 15) is 9.90 Å². The lowest BCUT2D eigenvalue weighted by molar-refractivity contribution is 0.0946. The standard InChI is InChI=1S/C14H15N3O3/c15-11-2-1-3-13(7-11)20-5-4-17-14(19)10-6-12(18)9-16-8-10/h1-3,6-9,18H,4-5,15H2,(H,17,19). The number of ether oxygens (including phenoxy) is 1. The maximum absolute atomic E-state index is 11.7. The van der Waals surface area contributed by atoms with Crippen LogP contribution in [0.3, 0.4) is 0 Å². The van der Waals surface area contributed by atoms with E-state index in [1.165, 1.54) is 18.5 Å². The number of nitrogen functional groups attached to an aromatic ring is 1. The molecule has 1 amide bonds. The highest BCUT2D eigenvalue weighted by molar-refractivity contribution is 5.94. The summed E-state index contributed by atoms with van der Waals surface area (Å²) < 4.78 is 5.44. The first kappa shape index (κ1) is 13.7. The van der Waals surface area contributed by atoms with Crippen LogP contribution in [0, 0.1) is 0 Å². The van der Waals surface area contributed by atoms with Crippen molar-refractivity contribution in [1.29, 1.82) is 0 Å². The molecule has 0 saturated heterocycles. The number of aromatic hydroxyl groups is 1. The van der Waals surface area contributed by atoms with Crippen LogP contribution in [0.25, 0.3) is 0 Å². The number of pyridine rings is 1. The molecule has 0 bridgehead atoms. The van der Waals surface area contributed by atoms with Crippen LogP contribution in [0.1, 0.15) is 10.4 Å². The molecule has 0 unspecified atom stereocenters. The normalized spacial score (nSPS) is 10.0. The Labute approximate surface area is 116 Å². The van der Waals surface area contributed by atoms with E-state index in [4.69, 9.17) is 10.5 Å². The van der Waals surface area contributed by atoms with Crippen molar-refractivity contribution in [3.63, 3.8) is 0 Å². The Morgan fingerprint density at radius 1 is 1.35 bits per heavy atom. The van der Waals surface area contributed by atoms with Gasteiger partial charge < -0.3 is 20.9 Å². The number of anilines is 1. The predicted octanol–water partition coefficient (Wildman–Crippen LogP) is 1.18. The second kappa shape index (κ2) is 6.42. The van der Waals surface area contributed by atoms with E-state index in [1.807, 2.05) is 0 Å². The zero-order chi connectivity index (χ0) is 14.4. The minimum Gasteiger partial charge on any atom is -0.506 e. The molecule has 0 atom stereocenters. The minimum atomic E-state index is -0.315. The van der Waals surface area contributed by atoms with E-state index >= 15 is 0 Å². The summed E-state index contributed by atoms with van der Waals surface area (Å²) in [4.78, 5) is 15.5. The summed E-state index contributed by atoms with van der Waals surface area (Å²) in [6.45, 7) is 0.657. The first-order valence-corrected chi connectivity index (χ1v) is 6.06. The molecule has 104 valence electrons. The molecule has 20 heavy (non-hydrogen) atoms. The molecule has 6 nitrogen and oxygen atoms in total. The number of benzene rings is 1. The molecule has 1 aromatic carbocycles. The molecule has 0 aliphatic rings. The first-order chi connectivity index (χ1) is 9.65. The van der Waals surface area contributed by atoms with Gasteiger partial charge in [-0.05, 0) is 18.2 Å². The third-order valence-electron chi connectivity index (χ3n) is 2.50. The van der Waals surface area contributed by atoms with Crippen molar-refractivity contribution >= 4 is 11.6 Å². The first-order valence-electron chi connectivity index (χ1n) is 6.06. The van der Waals surface area contributed by atoms with Crippen molar-refractivity contribution in [1.82, 2.24) is 10.3 Å². The van der Waals surface area contributed by atoms with Gasteiger partial charge in [-0.1, -0.05) is 6.07 Å². The lowest BCUT2D eigenvalue weighted by Crippen LogP contribution is -2.28. The van der Waals surface area contributed by atoms with Gasteiger partial charge in [-0.2, -0.15) is 0 Å². The van der Waals surface area contributed by atoms with E-state index in [1.54, 1.807) is 24.3 Å². The van der Waals surface area contributed by atoms with Gasteiger partial charge in [0.15, 0.2) is 0 Å². The monoisotopic (exact) mass is 273 g/mol. The van der Waals surface area contributed by atoms with Gasteiger partial charge in [0, 0.05) is 18.0 Å². The molecule has 1 aromatic heterocycles. The highest BCUT2D eigenvalue weighted by Crippen LogP contribution is 2.14. The number of carbonyl (C=O) groups excluding carboxylic acids is 1. The fourth-order valence-electron chi connectivity index (χ4n) is 1.59. The molecule has 4 N–H and O–H groups in total. The molecule has 0 aliphatic heterocycles. The lowest BCUT2D eigenvalue weighted by Gasteiger charge is -2.08. The molecule has 1 heterocycles. The summed E-state index contributed by atoms with van der Waals surface area (Å²) in [5, 5.41) is 11.9. The fourth-order valence-corrected chi connectivity index (χ4v) is 1.59. The highest BCUT2D eigenvalue weighted by atomic mass is 16.5. The zero-order valence-corrected chi connectivity index (χ0v) is 10.7. The summed E-state index contributed by atoms with van der Waals surface area (Å²) in [5.41, 5.74) is 6.54. The summed E-state index contributed by atoms with van der Waals surface area (Å²) >= 11 is 0. The van der Waals surface area contributed by atoms with Crippen molar-refractivity contribution in [2.45, 2.75) is 0 Å². The number of hydrogen-bond donors (Lipinski definition) is 3. The molecular formula is C14H15N3O3. The Morgan fingerprint density at radius 3 is 2.95 bits per heavy atom. The van der Waals surface area contributed by atoms with Gasteiger partial charge in [-0.25, -0.2) is 0 Å². The van der Waals surface area contributed by atoms with E-state index < -0.39 is 0 Å². The van der Waals surface area contributed by atoms with Gasteiger partial charge in [0.2, 0.25) is 0 Å². The number of hydrogen-bond acceptors (Lipinski definition) is 5. The third kappa shape index (κ3) is 3.88. The fraction of sp³-hybridized carbons (Fsp3) is 0.143. The Bertz CT molecular complexity index is 602. The van der Waals surface area contributed by atoms with Crippen molar-refractivity contribution in [3.8, 4) is 11.5 Å². The molecule has 0 aliphatic carbocycles. The number of carbonyl (C=O) groups is 1. The van der Waals surface area contributed by atoms with Gasteiger partial charge in [0.1, 0.15) is 18.1 Å². The van der Waals surface area contributed by atoms with E-state index in [0.29, 0.717) is 30.2 Å². The SMILES string of the molecule is Nc1cccc(OCCNC(=O)c2cncc(O)c2)c1. The summed E-state index contributed by atoms with van der Waals surface area (Å²) in [7, 11) is 0. The van der Waals surface area contributed by atoms with Gasteiger partial charge in [0.25, 0.3) is 5.91 Å². The van der Waals surface area contributed by atoms with Crippen LogP contribution in [-0.2, 0) is 0 Å². The van der Waals surface area contributed by atoms with Crippen LogP contribution in [0.15, 0.2) is 42.7 Å². The Hall–Kier alpha value is -2.76. The van der Waals surface area contributed by atoms with Crippen LogP contribution in [0.5, 0.6) is 11.5 Å². The molecule has 0 spiro atoms. The lowest BCUT2D eigenvalue weighted by atomic mass is 10.2. The number of aromatic nitrogens is 1. The summed E-state index contributed by atoms with van der Waals surface area (Å²) in [6.07, 6.45) is 2.65.